The largest absolute Gasteiger partial charge is 0.297 e. The fourth-order valence-electron chi connectivity index (χ4n) is 2.20. The van der Waals surface area contributed by atoms with Gasteiger partial charge < -0.3 is 0 Å². The third kappa shape index (κ3) is 4.22. The Morgan fingerprint density at radius 3 is 2.84 bits per heavy atom. The third-order valence-electron chi connectivity index (χ3n) is 3.55. The van der Waals surface area contributed by atoms with Crippen LogP contribution in [-0.2, 0) is 6.54 Å². The summed E-state index contributed by atoms with van der Waals surface area (Å²) in [6.07, 6.45) is 7.20. The predicted octanol–water partition coefficient (Wildman–Crippen LogP) is 3.05. The van der Waals surface area contributed by atoms with Gasteiger partial charge in [0.1, 0.15) is 5.54 Å². The van der Waals surface area contributed by atoms with Gasteiger partial charge in [0.25, 0.3) is 0 Å². The summed E-state index contributed by atoms with van der Waals surface area (Å²) in [5, 5.41) is 17.7. The SMILES string of the molecule is Cc1nn(CCCCC(C)(C#N)NC2CC2)cc1Cl. The lowest BCUT2D eigenvalue weighted by Crippen LogP contribution is -2.42. The fraction of sp³-hybridized carbons (Fsp3) is 0.714. The van der Waals surface area contributed by atoms with E-state index in [0.717, 1.165) is 36.5 Å². The first-order chi connectivity index (χ1) is 9.02. The average Bonchev–Trinajstić information content (AvgIpc) is 3.12. The van der Waals surface area contributed by atoms with E-state index in [2.05, 4.69) is 16.5 Å². The van der Waals surface area contributed by atoms with Crippen molar-refractivity contribution in [3.8, 4) is 6.07 Å². The van der Waals surface area contributed by atoms with E-state index in [0.29, 0.717) is 6.04 Å². The second-order valence-electron chi connectivity index (χ2n) is 5.65. The van der Waals surface area contributed by atoms with Crippen molar-refractivity contribution in [2.24, 2.45) is 0 Å². The number of aromatic nitrogens is 2. The van der Waals surface area contributed by atoms with E-state index in [-0.39, 0.29) is 5.54 Å². The van der Waals surface area contributed by atoms with E-state index in [9.17, 15) is 5.26 Å². The van der Waals surface area contributed by atoms with Crippen LogP contribution in [0.15, 0.2) is 6.20 Å². The van der Waals surface area contributed by atoms with Gasteiger partial charge in [-0.05, 0) is 46.0 Å². The molecule has 1 aromatic heterocycles. The van der Waals surface area contributed by atoms with Crippen molar-refractivity contribution in [2.75, 3.05) is 0 Å². The van der Waals surface area contributed by atoms with Gasteiger partial charge >= 0.3 is 0 Å². The molecule has 0 amide bonds. The van der Waals surface area contributed by atoms with Crippen LogP contribution in [0.5, 0.6) is 0 Å². The average molecular weight is 281 g/mol. The molecule has 4 nitrogen and oxygen atoms in total. The Hall–Kier alpha value is -1.05. The molecule has 104 valence electrons. The molecule has 2 rings (SSSR count). The number of nitrogens with one attached hydrogen (secondary N) is 1. The molecular weight excluding hydrogens is 260 g/mol. The van der Waals surface area contributed by atoms with Crippen molar-refractivity contribution >= 4 is 11.6 Å². The van der Waals surface area contributed by atoms with E-state index in [1.165, 1.54) is 12.8 Å². The summed E-state index contributed by atoms with van der Waals surface area (Å²) in [7, 11) is 0. The second kappa shape index (κ2) is 5.94. The second-order valence-corrected chi connectivity index (χ2v) is 6.05. The van der Waals surface area contributed by atoms with Gasteiger partial charge in [0, 0.05) is 18.8 Å². The van der Waals surface area contributed by atoms with E-state index >= 15 is 0 Å². The monoisotopic (exact) mass is 280 g/mol. The van der Waals surface area contributed by atoms with Crippen molar-refractivity contribution in [1.82, 2.24) is 15.1 Å². The Kier molecular flexibility index (Phi) is 4.49. The number of halogens is 1. The zero-order valence-electron chi connectivity index (χ0n) is 11.6. The minimum Gasteiger partial charge on any atom is -0.297 e. The van der Waals surface area contributed by atoms with E-state index in [1.807, 2.05) is 24.7 Å². The molecule has 1 atom stereocenters. The highest BCUT2D eigenvalue weighted by atomic mass is 35.5. The molecule has 0 saturated heterocycles. The number of aryl methyl sites for hydroxylation is 2. The zero-order valence-corrected chi connectivity index (χ0v) is 12.4. The Bertz CT molecular complexity index is 453. The number of hydrogen-bond acceptors (Lipinski definition) is 3. The molecule has 1 fully saturated rings. The van der Waals surface area contributed by atoms with E-state index in [4.69, 9.17) is 11.6 Å². The summed E-state index contributed by atoms with van der Waals surface area (Å²) in [6.45, 7) is 4.77. The van der Waals surface area contributed by atoms with Crippen molar-refractivity contribution in [1.29, 1.82) is 5.26 Å². The lowest BCUT2D eigenvalue weighted by Gasteiger charge is -2.23. The number of nitrogens with zero attached hydrogens (tertiary/aromatic N) is 3. The molecule has 0 radical (unpaired) electrons. The topological polar surface area (TPSA) is 53.6 Å². The zero-order chi connectivity index (χ0) is 13.9. The highest BCUT2D eigenvalue weighted by Gasteiger charge is 2.31. The van der Waals surface area contributed by atoms with Gasteiger partial charge in [-0.3, -0.25) is 10.00 Å². The summed E-state index contributed by atoms with van der Waals surface area (Å²) in [5.74, 6) is 0. The number of nitriles is 1. The quantitative estimate of drug-likeness (QED) is 0.781. The molecule has 0 spiro atoms. The van der Waals surface area contributed by atoms with Crippen LogP contribution in [0.1, 0.15) is 44.7 Å². The first-order valence-electron chi connectivity index (χ1n) is 6.91. The van der Waals surface area contributed by atoms with E-state index < -0.39 is 0 Å². The summed E-state index contributed by atoms with van der Waals surface area (Å²) >= 11 is 5.97. The summed E-state index contributed by atoms with van der Waals surface area (Å²) in [5.41, 5.74) is 0.498. The molecule has 1 aliphatic rings. The lowest BCUT2D eigenvalue weighted by atomic mass is 9.96. The van der Waals surface area contributed by atoms with Crippen LogP contribution in [0.2, 0.25) is 5.02 Å². The van der Waals surface area contributed by atoms with Crippen LogP contribution in [0.4, 0.5) is 0 Å². The summed E-state index contributed by atoms with van der Waals surface area (Å²) in [6, 6.07) is 2.97. The van der Waals surface area contributed by atoms with Crippen LogP contribution in [0, 0.1) is 18.3 Å². The normalized spacial score (nSPS) is 18.0. The van der Waals surface area contributed by atoms with Crippen LogP contribution in [0.25, 0.3) is 0 Å². The molecule has 5 heteroatoms. The number of hydrogen-bond donors (Lipinski definition) is 1. The van der Waals surface area contributed by atoms with Gasteiger partial charge in [0.15, 0.2) is 0 Å². The van der Waals surface area contributed by atoms with Gasteiger partial charge in [-0.2, -0.15) is 10.4 Å². The number of rotatable bonds is 7. The summed E-state index contributed by atoms with van der Waals surface area (Å²) in [4.78, 5) is 0. The molecule has 1 aromatic rings. The Morgan fingerprint density at radius 2 is 2.32 bits per heavy atom. The van der Waals surface area contributed by atoms with Gasteiger partial charge in [-0.25, -0.2) is 0 Å². The van der Waals surface area contributed by atoms with Gasteiger partial charge in [0.05, 0.1) is 16.8 Å². The van der Waals surface area contributed by atoms with Crippen molar-refractivity contribution < 1.29 is 0 Å². The van der Waals surface area contributed by atoms with Gasteiger partial charge in [-0.1, -0.05) is 11.6 Å². The molecular formula is C14H21ClN4. The van der Waals surface area contributed by atoms with Crippen molar-refractivity contribution in [3.63, 3.8) is 0 Å². The minimum atomic E-state index is -0.376. The van der Waals surface area contributed by atoms with Crippen molar-refractivity contribution in [2.45, 2.75) is 64.1 Å². The maximum absolute atomic E-state index is 9.27. The molecule has 1 unspecified atom stereocenters. The predicted molar refractivity (Wildman–Crippen MR) is 76.0 cm³/mol. The van der Waals surface area contributed by atoms with Crippen LogP contribution < -0.4 is 5.32 Å². The minimum absolute atomic E-state index is 0.376. The van der Waals surface area contributed by atoms with Crippen LogP contribution >= 0.6 is 11.6 Å². The molecule has 0 aromatic carbocycles. The van der Waals surface area contributed by atoms with Gasteiger partial charge in [-0.15, -0.1) is 0 Å². The maximum atomic E-state index is 9.27. The van der Waals surface area contributed by atoms with Crippen LogP contribution in [0.3, 0.4) is 0 Å². The Morgan fingerprint density at radius 1 is 1.58 bits per heavy atom. The highest BCUT2D eigenvalue weighted by Crippen LogP contribution is 2.24. The highest BCUT2D eigenvalue weighted by molar-refractivity contribution is 6.31. The molecule has 1 aliphatic carbocycles. The Labute approximate surface area is 119 Å². The van der Waals surface area contributed by atoms with Crippen LogP contribution in [-0.4, -0.2) is 21.4 Å². The van der Waals surface area contributed by atoms with Crippen molar-refractivity contribution in [3.05, 3.63) is 16.9 Å². The maximum Gasteiger partial charge on any atom is 0.104 e. The summed E-state index contributed by atoms with van der Waals surface area (Å²) < 4.78 is 1.88. The van der Waals surface area contributed by atoms with Gasteiger partial charge in [0.2, 0.25) is 0 Å². The Balaban J connectivity index is 1.72. The molecule has 1 saturated carbocycles. The molecule has 1 N–H and O–H groups in total. The van der Waals surface area contributed by atoms with E-state index in [1.54, 1.807) is 0 Å². The molecule has 1 heterocycles. The molecule has 19 heavy (non-hydrogen) atoms. The smallest absolute Gasteiger partial charge is 0.104 e. The molecule has 0 aliphatic heterocycles. The lowest BCUT2D eigenvalue weighted by molar-refractivity contribution is 0.389. The first kappa shape index (κ1) is 14.4. The molecule has 0 bridgehead atoms. The first-order valence-corrected chi connectivity index (χ1v) is 7.29. The third-order valence-corrected chi connectivity index (χ3v) is 3.92. The number of unbranched alkanes of at least 4 members (excludes halogenated alkanes) is 1. The standard InChI is InChI=1S/C14H21ClN4/c1-11-13(15)9-19(18-11)8-4-3-7-14(2,10-16)17-12-5-6-12/h9,12,17H,3-8H2,1-2H3. The fourth-order valence-corrected chi connectivity index (χ4v) is 2.35.